The third kappa shape index (κ3) is 2.78. The molecule has 90 valence electrons. The number of halogens is 3. The van der Waals surface area contributed by atoms with Crippen molar-refractivity contribution in [3.8, 4) is 0 Å². The van der Waals surface area contributed by atoms with Crippen LogP contribution < -0.4 is 5.73 Å². The topological polar surface area (TPSA) is 26.0 Å². The average Bonchev–Trinajstić information content (AvgIpc) is 2.60. The van der Waals surface area contributed by atoms with Crippen LogP contribution in [0, 0.1) is 12.7 Å². The van der Waals surface area contributed by atoms with Crippen molar-refractivity contribution in [2.75, 3.05) is 0 Å². The summed E-state index contributed by atoms with van der Waals surface area (Å²) in [5.41, 5.74) is 8.54. The van der Waals surface area contributed by atoms with E-state index in [1.54, 1.807) is 12.1 Å². The predicted molar refractivity (Wildman–Crippen MR) is 76.9 cm³/mol. The zero-order valence-corrected chi connectivity index (χ0v) is 13.0. The van der Waals surface area contributed by atoms with Crippen LogP contribution in [0.1, 0.15) is 22.7 Å². The molecule has 0 radical (unpaired) electrons. The fourth-order valence-corrected chi connectivity index (χ4v) is 4.56. The summed E-state index contributed by atoms with van der Waals surface area (Å²) in [6.45, 7) is 1.92. The van der Waals surface area contributed by atoms with Crippen LogP contribution in [-0.2, 0) is 0 Å². The molecule has 1 aromatic heterocycles. The molecule has 0 amide bonds. The highest BCUT2D eigenvalue weighted by molar-refractivity contribution is 9.12. The van der Waals surface area contributed by atoms with Crippen LogP contribution in [0.3, 0.4) is 0 Å². The van der Waals surface area contributed by atoms with Gasteiger partial charge in [0.2, 0.25) is 0 Å². The molecular weight excluding hydrogens is 369 g/mol. The average molecular weight is 379 g/mol. The largest absolute Gasteiger partial charge is 0.320 e. The van der Waals surface area contributed by atoms with E-state index in [0.717, 1.165) is 18.7 Å². The van der Waals surface area contributed by atoms with E-state index >= 15 is 0 Å². The molecule has 1 nitrogen and oxygen atoms in total. The highest BCUT2D eigenvalue weighted by Gasteiger charge is 2.18. The van der Waals surface area contributed by atoms with Gasteiger partial charge in [-0.25, -0.2) is 4.39 Å². The van der Waals surface area contributed by atoms with Gasteiger partial charge in [-0.05, 0) is 56.5 Å². The summed E-state index contributed by atoms with van der Waals surface area (Å²) in [5, 5.41) is 0. The standard InChI is InChI=1S/C12H10Br2FNS/c1-6-2-3-9(15)7(4-6)11(16)8-5-10(13)17-12(8)14/h2-5,11H,16H2,1H3. The zero-order chi connectivity index (χ0) is 12.6. The molecule has 1 unspecified atom stereocenters. The predicted octanol–water partition coefficient (Wildman–Crippen LogP) is 4.77. The minimum Gasteiger partial charge on any atom is -0.320 e. The molecule has 0 aliphatic carbocycles. The van der Waals surface area contributed by atoms with E-state index in [9.17, 15) is 4.39 Å². The lowest BCUT2D eigenvalue weighted by molar-refractivity contribution is 0.599. The number of benzene rings is 1. The maximum atomic E-state index is 13.7. The Morgan fingerprint density at radius 3 is 2.53 bits per heavy atom. The van der Waals surface area contributed by atoms with Gasteiger partial charge in [0.25, 0.3) is 0 Å². The van der Waals surface area contributed by atoms with Gasteiger partial charge in [-0.1, -0.05) is 17.7 Å². The van der Waals surface area contributed by atoms with Gasteiger partial charge in [0.15, 0.2) is 0 Å². The molecule has 2 aromatic rings. The van der Waals surface area contributed by atoms with Gasteiger partial charge in [0, 0.05) is 5.56 Å². The quantitative estimate of drug-likeness (QED) is 0.800. The highest BCUT2D eigenvalue weighted by Crippen LogP contribution is 2.37. The van der Waals surface area contributed by atoms with Gasteiger partial charge >= 0.3 is 0 Å². The molecular formula is C12H10Br2FNS. The number of nitrogens with two attached hydrogens (primary N) is 1. The Kier molecular flexibility index (Phi) is 4.02. The molecule has 5 heteroatoms. The Morgan fingerprint density at radius 2 is 1.94 bits per heavy atom. The minimum absolute atomic E-state index is 0.266. The van der Waals surface area contributed by atoms with E-state index in [0.29, 0.717) is 5.56 Å². The van der Waals surface area contributed by atoms with Crippen molar-refractivity contribution >= 4 is 43.2 Å². The normalized spacial score (nSPS) is 12.8. The monoisotopic (exact) mass is 377 g/mol. The fourth-order valence-electron chi connectivity index (χ4n) is 1.63. The van der Waals surface area contributed by atoms with Crippen LogP contribution in [0.5, 0.6) is 0 Å². The molecule has 2 rings (SSSR count). The summed E-state index contributed by atoms with van der Waals surface area (Å²) in [7, 11) is 0. The molecule has 17 heavy (non-hydrogen) atoms. The van der Waals surface area contributed by atoms with E-state index in [-0.39, 0.29) is 5.82 Å². The molecule has 0 bridgehead atoms. The lowest BCUT2D eigenvalue weighted by Crippen LogP contribution is -2.13. The molecule has 0 aliphatic heterocycles. The van der Waals surface area contributed by atoms with Crippen molar-refractivity contribution in [2.45, 2.75) is 13.0 Å². The van der Waals surface area contributed by atoms with Gasteiger partial charge in [-0.2, -0.15) is 0 Å². The first-order valence-corrected chi connectivity index (χ1v) is 7.35. The number of hydrogen-bond donors (Lipinski definition) is 1. The van der Waals surface area contributed by atoms with E-state index in [2.05, 4.69) is 31.9 Å². The van der Waals surface area contributed by atoms with Crippen molar-refractivity contribution in [1.29, 1.82) is 0 Å². The first kappa shape index (κ1) is 13.2. The van der Waals surface area contributed by atoms with Crippen molar-refractivity contribution in [1.82, 2.24) is 0 Å². The zero-order valence-electron chi connectivity index (χ0n) is 9.01. The number of aryl methyl sites for hydroxylation is 1. The Balaban J connectivity index is 2.46. The van der Waals surface area contributed by atoms with Crippen molar-refractivity contribution in [3.63, 3.8) is 0 Å². The van der Waals surface area contributed by atoms with Crippen LogP contribution >= 0.6 is 43.2 Å². The van der Waals surface area contributed by atoms with Gasteiger partial charge in [0.1, 0.15) is 5.82 Å². The van der Waals surface area contributed by atoms with Gasteiger partial charge in [-0.3, -0.25) is 0 Å². The van der Waals surface area contributed by atoms with Gasteiger partial charge in [-0.15, -0.1) is 11.3 Å². The molecule has 0 spiro atoms. The van der Waals surface area contributed by atoms with Crippen LogP contribution in [-0.4, -0.2) is 0 Å². The summed E-state index contributed by atoms with van der Waals surface area (Å²) in [6, 6.07) is 6.45. The molecule has 0 aliphatic rings. The van der Waals surface area contributed by atoms with Crippen molar-refractivity contribution in [3.05, 3.63) is 54.3 Å². The summed E-state index contributed by atoms with van der Waals surface area (Å²) in [6.07, 6.45) is 0. The SMILES string of the molecule is Cc1ccc(F)c(C(N)c2cc(Br)sc2Br)c1. The Bertz CT molecular complexity index is 553. The van der Waals surface area contributed by atoms with Crippen LogP contribution in [0.25, 0.3) is 0 Å². The maximum absolute atomic E-state index is 13.7. The summed E-state index contributed by atoms with van der Waals surface area (Å²) >= 11 is 8.37. The number of hydrogen-bond acceptors (Lipinski definition) is 2. The van der Waals surface area contributed by atoms with Crippen LogP contribution in [0.4, 0.5) is 4.39 Å². The first-order valence-electron chi connectivity index (χ1n) is 4.95. The van der Waals surface area contributed by atoms with E-state index < -0.39 is 6.04 Å². The maximum Gasteiger partial charge on any atom is 0.128 e. The van der Waals surface area contributed by atoms with E-state index in [4.69, 9.17) is 5.73 Å². The molecule has 0 saturated heterocycles. The Morgan fingerprint density at radius 1 is 1.24 bits per heavy atom. The summed E-state index contributed by atoms with van der Waals surface area (Å²) < 4.78 is 15.6. The number of thiophene rings is 1. The molecule has 2 N–H and O–H groups in total. The lowest BCUT2D eigenvalue weighted by atomic mass is 10.00. The highest BCUT2D eigenvalue weighted by atomic mass is 79.9. The van der Waals surface area contributed by atoms with E-state index in [1.807, 2.05) is 13.0 Å². The second kappa shape index (κ2) is 5.18. The Hall–Kier alpha value is -0.230. The summed E-state index contributed by atoms with van der Waals surface area (Å²) in [5.74, 6) is -0.266. The molecule has 1 heterocycles. The van der Waals surface area contributed by atoms with Crippen LogP contribution in [0.15, 0.2) is 31.8 Å². The minimum atomic E-state index is -0.452. The van der Waals surface area contributed by atoms with Gasteiger partial charge in [0.05, 0.1) is 13.6 Å². The molecule has 1 aromatic carbocycles. The first-order chi connectivity index (χ1) is 7.99. The second-order valence-electron chi connectivity index (χ2n) is 3.78. The fraction of sp³-hybridized carbons (Fsp3) is 0.167. The molecule has 0 fully saturated rings. The molecule has 1 atom stereocenters. The third-order valence-electron chi connectivity index (χ3n) is 2.50. The van der Waals surface area contributed by atoms with Crippen molar-refractivity contribution in [2.24, 2.45) is 5.73 Å². The Labute approximate surface area is 120 Å². The second-order valence-corrected chi connectivity index (χ2v) is 7.53. The van der Waals surface area contributed by atoms with Crippen molar-refractivity contribution < 1.29 is 4.39 Å². The number of rotatable bonds is 2. The lowest BCUT2D eigenvalue weighted by Gasteiger charge is -2.13. The summed E-state index contributed by atoms with van der Waals surface area (Å²) in [4.78, 5) is 0. The smallest absolute Gasteiger partial charge is 0.128 e. The molecule has 0 saturated carbocycles. The van der Waals surface area contributed by atoms with E-state index in [1.165, 1.54) is 17.4 Å². The van der Waals surface area contributed by atoms with Gasteiger partial charge < -0.3 is 5.73 Å². The van der Waals surface area contributed by atoms with Crippen LogP contribution in [0.2, 0.25) is 0 Å². The third-order valence-corrected chi connectivity index (χ3v) is 4.89.